The van der Waals surface area contributed by atoms with E-state index in [1.165, 1.54) is 0 Å². The molecule has 0 saturated carbocycles. The van der Waals surface area contributed by atoms with Gasteiger partial charge in [0.1, 0.15) is 6.61 Å². The van der Waals surface area contributed by atoms with Crippen LogP contribution >= 0.6 is 15.9 Å². The Balaban J connectivity index is 3.09. The third-order valence-electron chi connectivity index (χ3n) is 0.559. The second-order valence-corrected chi connectivity index (χ2v) is 1.85. The fraction of sp³-hybridized carbons (Fsp3) is 0.400. The Morgan fingerprint density at radius 2 is 2.33 bits per heavy atom. The van der Waals surface area contributed by atoms with Crippen LogP contribution in [0.1, 0.15) is 0 Å². The van der Waals surface area contributed by atoms with Gasteiger partial charge in [-0.25, -0.2) is 4.79 Å². The molecule has 0 rings (SSSR count). The van der Waals surface area contributed by atoms with E-state index >= 15 is 0 Å². The number of rotatable bonds is 3. The monoisotopic (exact) mass is 194 g/mol. The number of carboxylic acid groups (broad SMARTS) is 1. The zero-order valence-electron chi connectivity index (χ0n) is 4.71. The Bertz CT molecular complexity index is 111. The van der Waals surface area contributed by atoms with Gasteiger partial charge in [-0.2, -0.15) is 0 Å². The molecule has 0 heterocycles. The van der Waals surface area contributed by atoms with Crippen molar-refractivity contribution >= 4 is 22.1 Å². The van der Waals surface area contributed by atoms with Gasteiger partial charge in [0.25, 0.3) is 0 Å². The lowest BCUT2D eigenvalue weighted by Crippen LogP contribution is -1.98. The molecule has 0 aromatic carbocycles. The first kappa shape index (κ1) is 8.49. The summed E-state index contributed by atoms with van der Waals surface area (Å²) in [7, 11) is 0. The van der Waals surface area contributed by atoms with Crippen LogP contribution in [0.4, 0.5) is 4.79 Å². The molecule has 0 aliphatic heterocycles. The molecule has 0 amide bonds. The first-order valence-electron chi connectivity index (χ1n) is 2.34. The fourth-order valence-corrected chi connectivity index (χ4v) is 0.515. The summed E-state index contributed by atoms with van der Waals surface area (Å²) in [4.78, 5) is 9.69. The molecule has 0 aromatic rings. The minimum atomic E-state index is -1.24. The van der Waals surface area contributed by atoms with Gasteiger partial charge in [-0.05, 0) is 0 Å². The zero-order chi connectivity index (χ0) is 7.11. The highest BCUT2D eigenvalue weighted by atomic mass is 79.9. The molecule has 0 bridgehead atoms. The average molecular weight is 195 g/mol. The summed E-state index contributed by atoms with van der Waals surface area (Å²) in [6.07, 6.45) is 2.15. The van der Waals surface area contributed by atoms with Gasteiger partial charge in [0, 0.05) is 5.33 Å². The van der Waals surface area contributed by atoms with Crippen molar-refractivity contribution in [3.63, 3.8) is 0 Å². The highest BCUT2D eigenvalue weighted by Gasteiger charge is 1.89. The normalized spacial score (nSPS) is 9.89. The molecule has 0 fully saturated rings. The van der Waals surface area contributed by atoms with Crippen molar-refractivity contribution in [2.24, 2.45) is 0 Å². The molecule has 4 heteroatoms. The Morgan fingerprint density at radius 3 is 2.78 bits per heavy atom. The van der Waals surface area contributed by atoms with Gasteiger partial charge in [0.05, 0.1) is 0 Å². The van der Waals surface area contributed by atoms with Gasteiger partial charge in [0.2, 0.25) is 0 Å². The number of hydrogen-bond acceptors (Lipinski definition) is 2. The van der Waals surface area contributed by atoms with Crippen LogP contribution in [0.3, 0.4) is 0 Å². The molecular weight excluding hydrogens is 188 g/mol. The minimum Gasteiger partial charge on any atom is -0.450 e. The van der Waals surface area contributed by atoms with Gasteiger partial charge in [-0.3, -0.25) is 0 Å². The van der Waals surface area contributed by atoms with Crippen LogP contribution in [0, 0.1) is 0 Å². The molecule has 52 valence electrons. The van der Waals surface area contributed by atoms with E-state index in [4.69, 9.17) is 5.11 Å². The minimum absolute atomic E-state index is 0.126. The van der Waals surface area contributed by atoms with Crippen molar-refractivity contribution < 1.29 is 14.6 Å². The highest BCUT2D eigenvalue weighted by Crippen LogP contribution is 1.82. The van der Waals surface area contributed by atoms with Crippen molar-refractivity contribution in [1.29, 1.82) is 0 Å². The summed E-state index contributed by atoms with van der Waals surface area (Å²) in [5, 5.41) is 8.66. The van der Waals surface area contributed by atoms with E-state index in [1.807, 2.05) is 0 Å². The van der Waals surface area contributed by atoms with Crippen molar-refractivity contribution in [2.45, 2.75) is 0 Å². The van der Waals surface area contributed by atoms with Crippen molar-refractivity contribution in [3.05, 3.63) is 12.2 Å². The van der Waals surface area contributed by atoms with Gasteiger partial charge in [-0.1, -0.05) is 28.1 Å². The molecule has 0 saturated heterocycles. The maximum atomic E-state index is 9.69. The maximum Gasteiger partial charge on any atom is 0.506 e. The lowest BCUT2D eigenvalue weighted by molar-refractivity contribution is 0.102. The average Bonchev–Trinajstić information content (AvgIpc) is 1.80. The van der Waals surface area contributed by atoms with Crippen LogP contribution in [-0.4, -0.2) is 23.2 Å². The van der Waals surface area contributed by atoms with E-state index in [9.17, 15) is 4.79 Å². The zero-order valence-corrected chi connectivity index (χ0v) is 6.30. The lowest BCUT2D eigenvalue weighted by atomic mass is 10.6. The highest BCUT2D eigenvalue weighted by molar-refractivity contribution is 9.09. The molecule has 1 N–H and O–H groups in total. The maximum absolute atomic E-state index is 9.69. The Kier molecular flexibility index (Phi) is 5.30. The summed E-state index contributed by atoms with van der Waals surface area (Å²) in [6, 6.07) is 0. The van der Waals surface area contributed by atoms with Crippen LogP contribution in [0.5, 0.6) is 0 Å². The largest absolute Gasteiger partial charge is 0.506 e. The number of alkyl halides is 1. The van der Waals surface area contributed by atoms with Gasteiger partial charge in [0.15, 0.2) is 0 Å². The van der Waals surface area contributed by atoms with Crippen LogP contribution in [0.15, 0.2) is 12.2 Å². The molecule has 9 heavy (non-hydrogen) atoms. The number of hydrogen-bond donors (Lipinski definition) is 1. The Morgan fingerprint density at radius 1 is 1.67 bits per heavy atom. The molecule has 0 unspecified atom stereocenters. The third kappa shape index (κ3) is 7.49. The second-order valence-electron chi connectivity index (χ2n) is 1.20. The van der Waals surface area contributed by atoms with E-state index in [-0.39, 0.29) is 6.61 Å². The summed E-state index contributed by atoms with van der Waals surface area (Å²) in [6.45, 7) is 0.126. The van der Waals surface area contributed by atoms with Crippen molar-refractivity contribution in [3.8, 4) is 0 Å². The lowest BCUT2D eigenvalue weighted by Gasteiger charge is -1.90. The van der Waals surface area contributed by atoms with Gasteiger partial charge >= 0.3 is 6.16 Å². The first-order valence-corrected chi connectivity index (χ1v) is 3.46. The topological polar surface area (TPSA) is 46.5 Å². The van der Waals surface area contributed by atoms with Crippen LogP contribution in [0.2, 0.25) is 0 Å². The molecule has 0 spiro atoms. The summed E-state index contributed by atoms with van der Waals surface area (Å²) in [5.41, 5.74) is 0. The number of ether oxygens (including phenoxy) is 1. The summed E-state index contributed by atoms with van der Waals surface area (Å²) >= 11 is 3.13. The third-order valence-corrected chi connectivity index (χ3v) is 0.933. The van der Waals surface area contributed by atoms with Crippen LogP contribution in [0.25, 0.3) is 0 Å². The predicted molar refractivity (Wildman–Crippen MR) is 36.9 cm³/mol. The molecule has 0 aliphatic carbocycles. The molecule has 0 radical (unpaired) electrons. The Labute approximate surface area is 61.4 Å². The number of allylic oxidation sites excluding steroid dienone is 1. The van der Waals surface area contributed by atoms with E-state index in [0.29, 0.717) is 0 Å². The number of halogens is 1. The van der Waals surface area contributed by atoms with E-state index in [1.54, 1.807) is 12.2 Å². The van der Waals surface area contributed by atoms with Crippen LogP contribution < -0.4 is 0 Å². The second kappa shape index (κ2) is 5.62. The fourth-order valence-electron chi connectivity index (χ4n) is 0.250. The molecule has 0 aromatic heterocycles. The SMILES string of the molecule is O=C(O)OCC=CCBr. The smallest absolute Gasteiger partial charge is 0.450 e. The Hall–Kier alpha value is -0.510. The summed E-state index contributed by atoms with van der Waals surface area (Å²) in [5.74, 6) is 0. The molecule has 0 atom stereocenters. The van der Waals surface area contributed by atoms with Gasteiger partial charge in [-0.15, -0.1) is 0 Å². The molecule has 3 nitrogen and oxygen atoms in total. The molecule has 0 aliphatic rings. The molecular formula is C5H7BrO3. The summed E-state index contributed by atoms with van der Waals surface area (Å²) < 4.78 is 4.15. The van der Waals surface area contributed by atoms with Crippen molar-refractivity contribution in [1.82, 2.24) is 0 Å². The first-order chi connectivity index (χ1) is 4.27. The van der Waals surface area contributed by atoms with Crippen molar-refractivity contribution in [2.75, 3.05) is 11.9 Å². The van der Waals surface area contributed by atoms with E-state index in [2.05, 4.69) is 20.7 Å². The van der Waals surface area contributed by atoms with E-state index in [0.717, 1.165) is 5.33 Å². The van der Waals surface area contributed by atoms with Crippen LogP contribution in [-0.2, 0) is 4.74 Å². The standard InChI is InChI=1S/C5H7BrO3/c6-3-1-2-4-9-5(7)8/h1-2H,3-4H2,(H,7,8). The number of carbonyl (C=O) groups is 1. The predicted octanol–water partition coefficient (Wildman–Crippen LogP) is 1.63. The quantitative estimate of drug-likeness (QED) is 0.423. The van der Waals surface area contributed by atoms with E-state index < -0.39 is 6.16 Å². The van der Waals surface area contributed by atoms with Gasteiger partial charge < -0.3 is 9.84 Å².